The molecule has 1 aromatic carbocycles. The van der Waals surface area contributed by atoms with Crippen LogP contribution in [-0.2, 0) is 24.4 Å². The first kappa shape index (κ1) is 17.6. The van der Waals surface area contributed by atoms with Crippen LogP contribution < -0.4 is 11.3 Å². The summed E-state index contributed by atoms with van der Waals surface area (Å²) in [5.74, 6) is -0.0687. The lowest BCUT2D eigenvalue weighted by molar-refractivity contribution is -0.118. The van der Waals surface area contributed by atoms with Crippen LogP contribution in [0.3, 0.4) is 0 Å². The molecule has 1 amide bonds. The van der Waals surface area contributed by atoms with Crippen LogP contribution >= 0.6 is 22.9 Å². The molecule has 0 radical (unpaired) electrons. The van der Waals surface area contributed by atoms with E-state index in [1.165, 1.54) is 15.9 Å². The molecule has 3 rings (SSSR count). The highest BCUT2D eigenvalue weighted by atomic mass is 35.5. The van der Waals surface area contributed by atoms with Crippen molar-refractivity contribution in [2.24, 2.45) is 5.73 Å². The number of aromatic nitrogens is 2. The number of benzene rings is 1. The first-order chi connectivity index (χ1) is 11.9. The third-order valence-corrected chi connectivity index (χ3v) is 4.94. The number of primary amides is 1. The van der Waals surface area contributed by atoms with Gasteiger partial charge in [0, 0.05) is 11.4 Å². The van der Waals surface area contributed by atoms with Crippen molar-refractivity contribution < 1.29 is 4.79 Å². The molecule has 0 saturated carbocycles. The number of hydrogen-bond donors (Lipinski definition) is 1. The van der Waals surface area contributed by atoms with E-state index in [-0.39, 0.29) is 12.1 Å². The van der Waals surface area contributed by atoms with Gasteiger partial charge in [-0.15, -0.1) is 11.3 Å². The van der Waals surface area contributed by atoms with Gasteiger partial charge in [0.15, 0.2) is 0 Å². The number of carbonyl (C=O) groups is 1. The number of nitrogens with two attached hydrogens (primary N) is 1. The van der Waals surface area contributed by atoms with Gasteiger partial charge in [0.1, 0.15) is 12.4 Å². The zero-order chi connectivity index (χ0) is 18.0. The van der Waals surface area contributed by atoms with Gasteiger partial charge in [-0.2, -0.15) is 0 Å². The number of carbonyl (C=O) groups excluding carboxylic acids is 1. The Bertz CT molecular complexity index is 982. The molecule has 0 bridgehead atoms. The Hall–Kier alpha value is -2.22. The summed E-state index contributed by atoms with van der Waals surface area (Å²) in [4.78, 5) is 31.8. The Morgan fingerprint density at radius 1 is 1.28 bits per heavy atom. The minimum atomic E-state index is -0.576. The van der Waals surface area contributed by atoms with Gasteiger partial charge in [-0.3, -0.25) is 19.1 Å². The van der Waals surface area contributed by atoms with Crippen molar-refractivity contribution in [3.8, 4) is 0 Å². The van der Waals surface area contributed by atoms with Crippen LogP contribution in [0.25, 0.3) is 10.9 Å². The number of thiophene rings is 1. The van der Waals surface area contributed by atoms with Gasteiger partial charge in [-0.25, -0.2) is 4.98 Å². The molecule has 2 heterocycles. The molecule has 0 fully saturated rings. The van der Waals surface area contributed by atoms with Crippen LogP contribution in [0.15, 0.2) is 41.2 Å². The smallest absolute Gasteiger partial charge is 0.261 e. The Labute approximate surface area is 153 Å². The summed E-state index contributed by atoms with van der Waals surface area (Å²) in [5.41, 5.74) is 5.66. The lowest BCUT2D eigenvalue weighted by Gasteiger charge is -2.18. The molecule has 0 aliphatic rings. The fourth-order valence-electron chi connectivity index (χ4n) is 2.65. The van der Waals surface area contributed by atoms with Crippen molar-refractivity contribution in [1.82, 2.24) is 14.5 Å². The van der Waals surface area contributed by atoms with Crippen molar-refractivity contribution >= 4 is 39.7 Å². The summed E-state index contributed by atoms with van der Waals surface area (Å²) >= 11 is 7.47. The number of hydrogen-bond acceptors (Lipinski definition) is 5. The van der Waals surface area contributed by atoms with E-state index in [0.29, 0.717) is 29.8 Å². The molecule has 8 heteroatoms. The molecule has 0 aliphatic carbocycles. The standard InChI is InChI=1S/C17H17ClN4O2S/c1-21(8-11-6-7-14(18)25-11)10-16-20-13-5-3-2-4-12(13)17(24)22(16)9-15(19)23/h2-7H,8-10H2,1H3,(H2,19,23). The van der Waals surface area contributed by atoms with Crippen LogP contribution in [0.2, 0.25) is 4.34 Å². The summed E-state index contributed by atoms with van der Waals surface area (Å²) in [6.07, 6.45) is 0. The van der Waals surface area contributed by atoms with Crippen molar-refractivity contribution in [2.75, 3.05) is 7.05 Å². The SMILES string of the molecule is CN(Cc1ccc(Cl)s1)Cc1nc2ccccc2c(=O)n1CC(N)=O. The summed E-state index contributed by atoms with van der Waals surface area (Å²) in [6.45, 7) is 0.879. The van der Waals surface area contributed by atoms with Gasteiger partial charge < -0.3 is 5.73 Å². The second kappa shape index (κ2) is 7.35. The first-order valence-electron chi connectivity index (χ1n) is 7.63. The molecule has 0 atom stereocenters. The molecule has 0 spiro atoms. The monoisotopic (exact) mass is 376 g/mol. The van der Waals surface area contributed by atoms with Gasteiger partial charge in [-0.1, -0.05) is 23.7 Å². The minimum absolute atomic E-state index is 0.190. The molecule has 3 aromatic rings. The van der Waals surface area contributed by atoms with E-state index >= 15 is 0 Å². The number of nitrogens with zero attached hydrogens (tertiary/aromatic N) is 3. The van der Waals surface area contributed by atoms with E-state index in [4.69, 9.17) is 17.3 Å². The lowest BCUT2D eigenvalue weighted by Crippen LogP contribution is -2.33. The molecular weight excluding hydrogens is 360 g/mol. The average molecular weight is 377 g/mol. The van der Waals surface area contributed by atoms with E-state index in [1.54, 1.807) is 18.2 Å². The Balaban J connectivity index is 1.95. The zero-order valence-corrected chi connectivity index (χ0v) is 15.2. The maximum atomic E-state index is 12.7. The van der Waals surface area contributed by atoms with Crippen LogP contribution in [0.4, 0.5) is 0 Å². The van der Waals surface area contributed by atoms with Crippen LogP contribution in [0.5, 0.6) is 0 Å². The average Bonchev–Trinajstić information content (AvgIpc) is 2.95. The van der Waals surface area contributed by atoms with Gasteiger partial charge in [-0.05, 0) is 31.3 Å². The van der Waals surface area contributed by atoms with E-state index in [1.807, 2.05) is 30.1 Å². The highest BCUT2D eigenvalue weighted by Crippen LogP contribution is 2.22. The lowest BCUT2D eigenvalue weighted by atomic mass is 10.2. The zero-order valence-electron chi connectivity index (χ0n) is 13.6. The molecule has 6 nitrogen and oxygen atoms in total. The largest absolute Gasteiger partial charge is 0.368 e. The van der Waals surface area contributed by atoms with E-state index < -0.39 is 5.91 Å². The molecule has 25 heavy (non-hydrogen) atoms. The van der Waals surface area contributed by atoms with Gasteiger partial charge in [0.05, 0.1) is 21.8 Å². The minimum Gasteiger partial charge on any atom is -0.368 e. The molecule has 2 N–H and O–H groups in total. The quantitative estimate of drug-likeness (QED) is 0.715. The van der Waals surface area contributed by atoms with Crippen molar-refractivity contribution in [3.05, 3.63) is 61.8 Å². The van der Waals surface area contributed by atoms with Crippen LogP contribution in [-0.4, -0.2) is 27.4 Å². The van der Waals surface area contributed by atoms with Crippen molar-refractivity contribution in [2.45, 2.75) is 19.6 Å². The number of amides is 1. The van der Waals surface area contributed by atoms with Gasteiger partial charge in [0.2, 0.25) is 5.91 Å². The predicted molar refractivity (Wildman–Crippen MR) is 99.7 cm³/mol. The third kappa shape index (κ3) is 4.07. The molecule has 130 valence electrons. The van der Waals surface area contributed by atoms with E-state index in [9.17, 15) is 9.59 Å². The first-order valence-corrected chi connectivity index (χ1v) is 8.83. The fourth-order valence-corrected chi connectivity index (χ4v) is 3.82. The van der Waals surface area contributed by atoms with E-state index in [0.717, 1.165) is 9.21 Å². The highest BCUT2D eigenvalue weighted by molar-refractivity contribution is 7.16. The van der Waals surface area contributed by atoms with Crippen molar-refractivity contribution in [1.29, 1.82) is 0 Å². The van der Waals surface area contributed by atoms with E-state index in [2.05, 4.69) is 4.98 Å². The molecule has 2 aromatic heterocycles. The Morgan fingerprint density at radius 2 is 2.04 bits per heavy atom. The maximum Gasteiger partial charge on any atom is 0.261 e. The number of halogens is 1. The van der Waals surface area contributed by atoms with Gasteiger partial charge >= 0.3 is 0 Å². The van der Waals surface area contributed by atoms with Crippen LogP contribution in [0, 0.1) is 0 Å². The number of fused-ring (bicyclic) bond motifs is 1. The second-order valence-electron chi connectivity index (χ2n) is 5.78. The van der Waals surface area contributed by atoms with Crippen LogP contribution in [0.1, 0.15) is 10.7 Å². The highest BCUT2D eigenvalue weighted by Gasteiger charge is 2.14. The summed E-state index contributed by atoms with van der Waals surface area (Å²) in [7, 11) is 1.92. The molecule has 0 saturated heterocycles. The third-order valence-electron chi connectivity index (χ3n) is 3.72. The predicted octanol–water partition coefficient (Wildman–Crippen LogP) is 2.23. The maximum absolute atomic E-state index is 12.7. The second-order valence-corrected chi connectivity index (χ2v) is 7.58. The Morgan fingerprint density at radius 3 is 2.72 bits per heavy atom. The normalized spacial score (nSPS) is 11.3. The van der Waals surface area contributed by atoms with Crippen molar-refractivity contribution in [3.63, 3.8) is 0 Å². The van der Waals surface area contributed by atoms with Gasteiger partial charge in [0.25, 0.3) is 5.56 Å². The number of rotatable bonds is 6. The number of para-hydroxylation sites is 1. The summed E-state index contributed by atoms with van der Waals surface area (Å²) in [5, 5.41) is 0.472. The Kier molecular flexibility index (Phi) is 5.17. The summed E-state index contributed by atoms with van der Waals surface area (Å²) in [6, 6.07) is 10.9. The summed E-state index contributed by atoms with van der Waals surface area (Å²) < 4.78 is 2.08. The molecular formula is C17H17ClN4O2S. The molecule has 0 aliphatic heterocycles. The topological polar surface area (TPSA) is 81.2 Å². The molecule has 0 unspecified atom stereocenters. The fraction of sp³-hybridized carbons (Fsp3) is 0.235.